The number of hydrogen-bond donors (Lipinski definition) is 2. The molecule has 8 heteroatoms. The highest BCUT2D eigenvalue weighted by Gasteiger charge is 2.53. The van der Waals surface area contributed by atoms with Crippen LogP contribution in [0.3, 0.4) is 0 Å². The largest absolute Gasteiger partial charge is 0.481 e. The summed E-state index contributed by atoms with van der Waals surface area (Å²) in [7, 11) is 0. The minimum Gasteiger partial charge on any atom is -0.481 e. The Bertz CT molecular complexity index is 631. The van der Waals surface area contributed by atoms with Gasteiger partial charge >= 0.3 is 18.2 Å². The van der Waals surface area contributed by atoms with Crippen LogP contribution in [0.2, 0.25) is 0 Å². The molecule has 0 saturated carbocycles. The summed E-state index contributed by atoms with van der Waals surface area (Å²) < 4.78 is 38.7. The SMILES string of the molecule is Cc1ccc(NC(=O)N2C[C@@H](C(F)(F)F)[C@H](C(=O)O)C2)cc1C. The lowest BCUT2D eigenvalue weighted by Crippen LogP contribution is -2.35. The summed E-state index contributed by atoms with van der Waals surface area (Å²) in [6.45, 7) is 2.63. The van der Waals surface area contributed by atoms with Gasteiger partial charge in [0.15, 0.2) is 0 Å². The number of carbonyl (C=O) groups excluding carboxylic acids is 1. The van der Waals surface area contributed by atoms with Gasteiger partial charge < -0.3 is 15.3 Å². The van der Waals surface area contributed by atoms with E-state index in [1.165, 1.54) is 0 Å². The fraction of sp³-hybridized carbons (Fsp3) is 0.467. The van der Waals surface area contributed by atoms with Crippen molar-refractivity contribution in [2.45, 2.75) is 20.0 Å². The first-order valence-electron chi connectivity index (χ1n) is 7.02. The monoisotopic (exact) mass is 330 g/mol. The quantitative estimate of drug-likeness (QED) is 0.876. The number of urea groups is 1. The highest BCUT2D eigenvalue weighted by Crippen LogP contribution is 2.37. The number of alkyl halides is 3. The Hall–Kier alpha value is -2.25. The van der Waals surface area contributed by atoms with Crippen LogP contribution in [0.1, 0.15) is 11.1 Å². The van der Waals surface area contributed by atoms with Crippen LogP contribution in [0, 0.1) is 25.7 Å². The van der Waals surface area contributed by atoms with Crippen molar-refractivity contribution in [3.8, 4) is 0 Å². The van der Waals surface area contributed by atoms with Crippen LogP contribution in [0.4, 0.5) is 23.7 Å². The van der Waals surface area contributed by atoms with E-state index in [0.717, 1.165) is 16.0 Å². The van der Waals surface area contributed by atoms with E-state index >= 15 is 0 Å². The predicted octanol–water partition coefficient (Wildman–Crippen LogP) is 3.03. The molecular weight excluding hydrogens is 313 g/mol. The van der Waals surface area contributed by atoms with Crippen molar-refractivity contribution in [2.24, 2.45) is 11.8 Å². The lowest BCUT2D eigenvalue weighted by molar-refractivity contribution is -0.187. The lowest BCUT2D eigenvalue weighted by atomic mass is 9.96. The van der Waals surface area contributed by atoms with E-state index in [9.17, 15) is 22.8 Å². The molecule has 0 spiro atoms. The van der Waals surface area contributed by atoms with Crippen molar-refractivity contribution in [1.29, 1.82) is 0 Å². The molecule has 2 amide bonds. The molecule has 1 aromatic rings. The Labute approximate surface area is 131 Å². The highest BCUT2D eigenvalue weighted by atomic mass is 19.4. The van der Waals surface area contributed by atoms with E-state index in [-0.39, 0.29) is 0 Å². The predicted molar refractivity (Wildman–Crippen MR) is 77.2 cm³/mol. The van der Waals surface area contributed by atoms with Crippen molar-refractivity contribution in [3.63, 3.8) is 0 Å². The van der Waals surface area contributed by atoms with E-state index in [1.807, 2.05) is 13.8 Å². The van der Waals surface area contributed by atoms with Gasteiger partial charge in [-0.3, -0.25) is 4.79 Å². The van der Waals surface area contributed by atoms with E-state index < -0.39 is 43.1 Å². The van der Waals surface area contributed by atoms with Crippen LogP contribution >= 0.6 is 0 Å². The van der Waals surface area contributed by atoms with Crippen LogP contribution in [-0.4, -0.2) is 41.3 Å². The van der Waals surface area contributed by atoms with E-state index in [1.54, 1.807) is 18.2 Å². The van der Waals surface area contributed by atoms with Crippen LogP contribution in [0.25, 0.3) is 0 Å². The number of aliphatic carboxylic acids is 1. The third-order valence-corrected chi connectivity index (χ3v) is 4.10. The first-order chi connectivity index (χ1) is 10.6. The first-order valence-corrected chi connectivity index (χ1v) is 7.02. The molecule has 23 heavy (non-hydrogen) atoms. The number of amides is 2. The molecule has 1 aromatic carbocycles. The molecule has 1 aliphatic rings. The summed E-state index contributed by atoms with van der Waals surface area (Å²) in [6.07, 6.45) is -4.65. The van der Waals surface area contributed by atoms with Crippen LogP contribution in [-0.2, 0) is 4.79 Å². The van der Waals surface area contributed by atoms with Crippen LogP contribution in [0.5, 0.6) is 0 Å². The van der Waals surface area contributed by atoms with Crippen molar-refractivity contribution in [3.05, 3.63) is 29.3 Å². The molecule has 1 heterocycles. The van der Waals surface area contributed by atoms with Crippen LogP contribution in [0.15, 0.2) is 18.2 Å². The highest BCUT2D eigenvalue weighted by molar-refractivity contribution is 5.90. The number of aryl methyl sites for hydroxylation is 2. The molecule has 1 saturated heterocycles. The molecule has 0 aromatic heterocycles. The number of likely N-dealkylation sites (tertiary alicyclic amines) is 1. The van der Waals surface area contributed by atoms with Crippen molar-refractivity contribution in [2.75, 3.05) is 18.4 Å². The molecule has 2 N–H and O–H groups in total. The molecule has 126 valence electrons. The number of nitrogens with one attached hydrogen (secondary N) is 1. The Balaban J connectivity index is 2.11. The molecule has 1 fully saturated rings. The number of halogens is 3. The molecule has 5 nitrogen and oxygen atoms in total. The number of carbonyl (C=O) groups is 2. The average molecular weight is 330 g/mol. The summed E-state index contributed by atoms with van der Waals surface area (Å²) in [5, 5.41) is 11.5. The van der Waals surface area contributed by atoms with Gasteiger partial charge in [0.2, 0.25) is 0 Å². The fourth-order valence-corrected chi connectivity index (χ4v) is 2.57. The van der Waals surface area contributed by atoms with Gasteiger partial charge in [0.1, 0.15) is 0 Å². The normalized spacial score (nSPS) is 21.3. The van der Waals surface area contributed by atoms with Gasteiger partial charge in [-0.1, -0.05) is 6.07 Å². The molecule has 2 rings (SSSR count). The number of hydrogen-bond acceptors (Lipinski definition) is 2. The summed E-state index contributed by atoms with van der Waals surface area (Å²) >= 11 is 0. The molecule has 0 radical (unpaired) electrons. The number of nitrogens with zero attached hydrogens (tertiary/aromatic N) is 1. The van der Waals surface area contributed by atoms with Gasteiger partial charge in [0, 0.05) is 18.8 Å². The zero-order chi connectivity index (χ0) is 17.4. The zero-order valence-electron chi connectivity index (χ0n) is 12.6. The van der Waals surface area contributed by atoms with Crippen LogP contribution < -0.4 is 5.32 Å². The second kappa shape index (κ2) is 6.10. The number of carboxylic acid groups (broad SMARTS) is 1. The molecule has 2 atom stereocenters. The summed E-state index contributed by atoms with van der Waals surface area (Å²) in [6, 6.07) is 4.41. The Morgan fingerprint density at radius 2 is 1.87 bits per heavy atom. The molecule has 0 bridgehead atoms. The lowest BCUT2D eigenvalue weighted by Gasteiger charge is -2.19. The van der Waals surface area contributed by atoms with Crippen molar-refractivity contribution >= 4 is 17.7 Å². The number of rotatable bonds is 2. The molecular formula is C15H17F3N2O3. The average Bonchev–Trinajstić information content (AvgIpc) is 2.88. The summed E-state index contributed by atoms with van der Waals surface area (Å²) in [4.78, 5) is 24.0. The van der Waals surface area contributed by atoms with Gasteiger partial charge in [0.25, 0.3) is 0 Å². The molecule has 0 unspecified atom stereocenters. The standard InChI is InChI=1S/C15H17F3N2O3/c1-8-3-4-10(5-9(8)2)19-14(23)20-6-11(13(21)22)12(7-20)15(16,17)18/h3-5,11-12H,6-7H2,1-2H3,(H,19,23)(H,21,22)/t11-,12-/m1/s1. The number of anilines is 1. The van der Waals surface area contributed by atoms with Gasteiger partial charge in [-0.05, 0) is 37.1 Å². The van der Waals surface area contributed by atoms with Gasteiger partial charge in [-0.25, -0.2) is 4.79 Å². The smallest absolute Gasteiger partial charge is 0.394 e. The van der Waals surface area contributed by atoms with Crippen molar-refractivity contribution < 1.29 is 27.9 Å². The maximum atomic E-state index is 12.9. The van der Waals surface area contributed by atoms with E-state index in [4.69, 9.17) is 5.11 Å². The van der Waals surface area contributed by atoms with Gasteiger partial charge in [0.05, 0.1) is 11.8 Å². The topological polar surface area (TPSA) is 69.6 Å². The fourth-order valence-electron chi connectivity index (χ4n) is 2.57. The third kappa shape index (κ3) is 3.75. The second-order valence-electron chi connectivity index (χ2n) is 5.73. The molecule has 1 aliphatic heterocycles. The third-order valence-electron chi connectivity index (χ3n) is 4.10. The maximum absolute atomic E-state index is 12.9. The second-order valence-corrected chi connectivity index (χ2v) is 5.73. The Kier molecular flexibility index (Phi) is 4.53. The molecule has 0 aliphatic carbocycles. The summed E-state index contributed by atoms with van der Waals surface area (Å²) in [5.41, 5.74) is 2.41. The van der Waals surface area contributed by atoms with Crippen molar-refractivity contribution in [1.82, 2.24) is 4.90 Å². The number of benzene rings is 1. The Morgan fingerprint density at radius 1 is 1.22 bits per heavy atom. The van der Waals surface area contributed by atoms with Gasteiger partial charge in [-0.2, -0.15) is 13.2 Å². The Morgan fingerprint density at radius 3 is 2.35 bits per heavy atom. The van der Waals surface area contributed by atoms with E-state index in [0.29, 0.717) is 5.69 Å². The maximum Gasteiger partial charge on any atom is 0.394 e. The first kappa shape index (κ1) is 17.1. The number of carboxylic acids is 1. The minimum atomic E-state index is -4.65. The van der Waals surface area contributed by atoms with E-state index in [2.05, 4.69) is 5.32 Å². The minimum absolute atomic E-state index is 0.459. The zero-order valence-corrected chi connectivity index (χ0v) is 12.6. The van der Waals surface area contributed by atoms with Gasteiger partial charge in [-0.15, -0.1) is 0 Å². The summed E-state index contributed by atoms with van der Waals surface area (Å²) in [5.74, 6) is -5.24.